The minimum absolute atomic E-state index is 0.0195. The number of aliphatic hydroxyl groups is 1. The lowest BCUT2D eigenvalue weighted by atomic mass is 9.90. The number of aryl methyl sites for hydroxylation is 3. The van der Waals surface area contributed by atoms with Crippen LogP contribution in [0.15, 0.2) is 30.0 Å². The highest BCUT2D eigenvalue weighted by Gasteiger charge is 2.57. The summed E-state index contributed by atoms with van der Waals surface area (Å²) in [6, 6.07) is 4.12. The van der Waals surface area contributed by atoms with Crippen LogP contribution < -0.4 is 0 Å². The zero-order valence-electron chi connectivity index (χ0n) is 15.0. The molecule has 4 nitrogen and oxygen atoms in total. The number of hydrogen-bond donors (Lipinski definition) is 1. The van der Waals surface area contributed by atoms with Crippen molar-refractivity contribution in [3.8, 4) is 0 Å². The van der Waals surface area contributed by atoms with Crippen molar-refractivity contribution in [3.63, 3.8) is 0 Å². The van der Waals surface area contributed by atoms with Crippen LogP contribution in [-0.4, -0.2) is 29.9 Å². The van der Waals surface area contributed by atoms with Crippen LogP contribution in [0.4, 0.5) is 0 Å². The van der Waals surface area contributed by atoms with Gasteiger partial charge in [-0.05, 0) is 43.0 Å². The first-order chi connectivity index (χ1) is 11.8. The van der Waals surface area contributed by atoms with Crippen molar-refractivity contribution in [3.05, 3.63) is 52.3 Å². The largest absolute Gasteiger partial charge is 0.511 e. The van der Waals surface area contributed by atoms with Crippen molar-refractivity contribution in [1.82, 2.24) is 0 Å². The Labute approximate surface area is 148 Å². The number of ether oxygens (including phenoxy) is 2. The first-order valence-electron chi connectivity index (χ1n) is 8.81. The second kappa shape index (κ2) is 5.55. The summed E-state index contributed by atoms with van der Waals surface area (Å²) in [5, 5.41) is 10.9. The average molecular weight is 340 g/mol. The van der Waals surface area contributed by atoms with E-state index in [4.69, 9.17) is 9.47 Å². The van der Waals surface area contributed by atoms with E-state index in [2.05, 4.69) is 18.7 Å². The van der Waals surface area contributed by atoms with Gasteiger partial charge in [0.15, 0.2) is 11.6 Å². The van der Waals surface area contributed by atoms with Gasteiger partial charge in [0, 0.05) is 24.7 Å². The summed E-state index contributed by atoms with van der Waals surface area (Å²) in [7, 11) is 0. The summed E-state index contributed by atoms with van der Waals surface area (Å²) in [6.45, 7) is 10.8. The monoisotopic (exact) mass is 340 g/mol. The third kappa shape index (κ3) is 2.47. The minimum atomic E-state index is -0.747. The van der Waals surface area contributed by atoms with Gasteiger partial charge >= 0.3 is 0 Å². The van der Waals surface area contributed by atoms with Crippen LogP contribution in [0.1, 0.15) is 35.1 Å². The predicted octanol–water partition coefficient (Wildman–Crippen LogP) is 3.79. The molecule has 1 N–H and O–H groups in total. The lowest BCUT2D eigenvalue weighted by Crippen LogP contribution is -2.39. The molecule has 132 valence electrons. The maximum atomic E-state index is 13.1. The summed E-state index contributed by atoms with van der Waals surface area (Å²) in [5.41, 5.74) is 5.51. The number of benzene rings is 1. The molecule has 0 bridgehead atoms. The number of allylic oxidation sites excluding steroid dienone is 2. The molecule has 1 heterocycles. The van der Waals surface area contributed by atoms with E-state index in [0.29, 0.717) is 31.6 Å². The van der Waals surface area contributed by atoms with Crippen molar-refractivity contribution in [2.24, 2.45) is 11.8 Å². The zero-order chi connectivity index (χ0) is 17.9. The fourth-order valence-electron chi connectivity index (χ4n) is 4.71. The van der Waals surface area contributed by atoms with E-state index < -0.39 is 5.79 Å². The molecule has 25 heavy (non-hydrogen) atoms. The fourth-order valence-corrected chi connectivity index (χ4v) is 4.71. The Morgan fingerprint density at radius 3 is 2.20 bits per heavy atom. The Balaban J connectivity index is 1.71. The Morgan fingerprint density at radius 1 is 1.08 bits per heavy atom. The highest BCUT2D eigenvalue weighted by atomic mass is 16.7. The van der Waals surface area contributed by atoms with Gasteiger partial charge in [-0.15, -0.1) is 0 Å². The van der Waals surface area contributed by atoms with Gasteiger partial charge in [-0.25, -0.2) is 0 Å². The van der Waals surface area contributed by atoms with Gasteiger partial charge in [-0.2, -0.15) is 0 Å². The molecule has 4 heteroatoms. The highest BCUT2D eigenvalue weighted by molar-refractivity contribution is 6.25. The maximum absolute atomic E-state index is 13.1. The zero-order valence-corrected chi connectivity index (χ0v) is 15.0. The van der Waals surface area contributed by atoms with E-state index in [0.717, 1.165) is 27.8 Å². The van der Waals surface area contributed by atoms with Gasteiger partial charge in [-0.3, -0.25) is 4.79 Å². The van der Waals surface area contributed by atoms with Crippen molar-refractivity contribution in [2.45, 2.75) is 39.4 Å². The molecular formula is C21H24O4. The summed E-state index contributed by atoms with van der Waals surface area (Å²) in [4.78, 5) is 13.1. The molecule has 0 aromatic heterocycles. The van der Waals surface area contributed by atoms with E-state index in [1.165, 1.54) is 0 Å². The van der Waals surface area contributed by atoms with Gasteiger partial charge in [0.05, 0.1) is 18.8 Å². The topological polar surface area (TPSA) is 55.8 Å². The molecule has 4 rings (SSSR count). The minimum Gasteiger partial charge on any atom is -0.511 e. The number of hydrogen-bond acceptors (Lipinski definition) is 4. The van der Waals surface area contributed by atoms with Crippen LogP contribution in [0, 0.1) is 32.6 Å². The van der Waals surface area contributed by atoms with Crippen LogP contribution in [0.2, 0.25) is 0 Å². The second-order valence-electron chi connectivity index (χ2n) is 7.76. The maximum Gasteiger partial charge on any atom is 0.170 e. The normalized spacial score (nSPS) is 28.1. The Morgan fingerprint density at radius 2 is 1.64 bits per heavy atom. The molecule has 2 aliphatic carbocycles. The molecule has 2 atom stereocenters. The van der Waals surface area contributed by atoms with Gasteiger partial charge < -0.3 is 14.6 Å². The van der Waals surface area contributed by atoms with Gasteiger partial charge in [-0.1, -0.05) is 24.3 Å². The van der Waals surface area contributed by atoms with E-state index in [-0.39, 0.29) is 23.4 Å². The number of aliphatic hydroxyl groups excluding tert-OH is 1. The molecule has 1 aliphatic heterocycles. The van der Waals surface area contributed by atoms with Crippen LogP contribution in [0.5, 0.6) is 0 Å². The average Bonchev–Trinajstić information content (AvgIpc) is 3.01. The quantitative estimate of drug-likeness (QED) is 0.790. The van der Waals surface area contributed by atoms with Gasteiger partial charge in [0.1, 0.15) is 5.76 Å². The Kier molecular flexibility index (Phi) is 3.67. The summed E-state index contributed by atoms with van der Waals surface area (Å²) in [5.74, 6) is -0.997. The lowest BCUT2D eigenvalue weighted by Gasteiger charge is -2.35. The van der Waals surface area contributed by atoms with Crippen LogP contribution >= 0.6 is 0 Å². The number of fused-ring (bicyclic) bond motifs is 1. The van der Waals surface area contributed by atoms with E-state index in [1.807, 2.05) is 20.8 Å². The van der Waals surface area contributed by atoms with Crippen LogP contribution in [0.3, 0.4) is 0 Å². The predicted molar refractivity (Wildman–Crippen MR) is 95.2 cm³/mol. The molecular weight excluding hydrogens is 316 g/mol. The Bertz CT molecular complexity index is 784. The summed E-state index contributed by atoms with van der Waals surface area (Å²) >= 11 is 0. The third-order valence-corrected chi connectivity index (χ3v) is 5.74. The van der Waals surface area contributed by atoms with Crippen molar-refractivity contribution < 1.29 is 19.4 Å². The summed E-state index contributed by atoms with van der Waals surface area (Å²) in [6.07, 6.45) is 1.03. The number of ketones is 1. The molecule has 2 fully saturated rings. The molecule has 1 spiro atoms. The van der Waals surface area contributed by atoms with Crippen molar-refractivity contribution in [2.75, 3.05) is 13.2 Å². The molecule has 2 unspecified atom stereocenters. The van der Waals surface area contributed by atoms with E-state index in [9.17, 15) is 9.90 Å². The Hall–Kier alpha value is -1.91. The number of Topliss-reactive ketones (excluding diaryl/α,β-unsaturated/α-hetero) is 1. The van der Waals surface area contributed by atoms with Crippen LogP contribution in [0.25, 0.3) is 5.57 Å². The highest BCUT2D eigenvalue weighted by Crippen LogP contribution is 2.54. The third-order valence-electron chi connectivity index (χ3n) is 5.74. The van der Waals surface area contributed by atoms with E-state index >= 15 is 0 Å². The van der Waals surface area contributed by atoms with Crippen molar-refractivity contribution in [1.29, 1.82) is 0 Å². The van der Waals surface area contributed by atoms with E-state index in [1.54, 1.807) is 0 Å². The lowest BCUT2D eigenvalue weighted by molar-refractivity contribution is -0.247. The SMILES string of the molecule is C=C1COC2(CC3C(=O)C(c4c(C)cc(C)cc4C)=C(O)C3C2)OC1. The van der Waals surface area contributed by atoms with Crippen molar-refractivity contribution >= 4 is 11.4 Å². The molecule has 3 aliphatic rings. The van der Waals surface area contributed by atoms with Crippen LogP contribution in [-0.2, 0) is 14.3 Å². The standard InChI is InChI=1S/C21H24O4/c1-11-5-13(3)17(14(4)6-11)18-19(22)15-7-21(8-16(15)20(18)23)24-9-12(2)10-25-21/h5-6,15-16,22H,2,7-10H2,1,3-4H3. The summed E-state index contributed by atoms with van der Waals surface area (Å²) < 4.78 is 11.7. The smallest absolute Gasteiger partial charge is 0.170 e. The molecule has 1 aromatic carbocycles. The van der Waals surface area contributed by atoms with Gasteiger partial charge in [0.2, 0.25) is 0 Å². The number of carbonyl (C=O) groups excluding carboxylic acids is 1. The second-order valence-corrected chi connectivity index (χ2v) is 7.76. The molecule has 0 amide bonds. The molecule has 1 saturated heterocycles. The van der Waals surface area contributed by atoms with Gasteiger partial charge in [0.25, 0.3) is 0 Å². The first kappa shape index (κ1) is 16.6. The molecule has 0 radical (unpaired) electrons. The molecule has 1 saturated carbocycles. The number of rotatable bonds is 1. The fraction of sp³-hybridized carbons (Fsp3) is 0.476. The molecule has 1 aromatic rings. The number of carbonyl (C=O) groups is 1. The first-order valence-corrected chi connectivity index (χ1v) is 8.81.